The van der Waals surface area contributed by atoms with Crippen molar-refractivity contribution in [2.45, 2.75) is 45.1 Å². The van der Waals surface area contributed by atoms with E-state index in [-0.39, 0.29) is 0 Å². The van der Waals surface area contributed by atoms with Gasteiger partial charge >= 0.3 is 0 Å². The highest BCUT2D eigenvalue weighted by molar-refractivity contribution is 6.30. The van der Waals surface area contributed by atoms with Crippen molar-refractivity contribution in [1.29, 1.82) is 0 Å². The summed E-state index contributed by atoms with van der Waals surface area (Å²) in [6.45, 7) is 4.03. The highest BCUT2D eigenvalue weighted by atomic mass is 35.5. The molecule has 1 saturated heterocycles. The highest BCUT2D eigenvalue weighted by Gasteiger charge is 2.23. The number of piperidine rings is 1. The number of halogens is 1. The Balaban J connectivity index is 1.60. The second kappa shape index (κ2) is 8.29. The molecule has 24 heavy (non-hydrogen) atoms. The number of rotatable bonds is 6. The summed E-state index contributed by atoms with van der Waals surface area (Å²) in [5.74, 6) is 1.52. The van der Waals surface area contributed by atoms with E-state index < -0.39 is 0 Å². The third-order valence-electron chi connectivity index (χ3n) is 4.51. The van der Waals surface area contributed by atoms with E-state index in [1.807, 2.05) is 18.2 Å². The minimum Gasteiger partial charge on any atom is -0.368 e. The lowest BCUT2D eigenvalue weighted by Gasteiger charge is -2.34. The predicted molar refractivity (Wildman–Crippen MR) is 98.7 cm³/mol. The number of hydrogen-bond donors (Lipinski definition) is 1. The van der Waals surface area contributed by atoms with Gasteiger partial charge in [-0.15, -0.1) is 5.10 Å². The molecule has 2 aromatic rings. The Morgan fingerprint density at radius 3 is 3.08 bits per heavy atom. The molecule has 1 unspecified atom stereocenters. The van der Waals surface area contributed by atoms with E-state index in [9.17, 15) is 0 Å². The van der Waals surface area contributed by atoms with E-state index in [1.165, 1.54) is 24.8 Å². The molecule has 1 N–H and O–H groups in total. The van der Waals surface area contributed by atoms with Crippen molar-refractivity contribution in [3.05, 3.63) is 41.0 Å². The molecule has 0 aliphatic carbocycles. The summed E-state index contributed by atoms with van der Waals surface area (Å²) in [7, 11) is 0. The summed E-state index contributed by atoms with van der Waals surface area (Å²) in [6, 6.07) is 8.47. The molecule has 1 aliphatic rings. The van der Waals surface area contributed by atoms with Gasteiger partial charge in [-0.3, -0.25) is 0 Å². The maximum atomic E-state index is 6.02. The minimum atomic E-state index is 0.530. The number of nitrogens with one attached hydrogen (secondary N) is 1. The van der Waals surface area contributed by atoms with Crippen LogP contribution >= 0.6 is 11.6 Å². The zero-order valence-electron chi connectivity index (χ0n) is 14.1. The van der Waals surface area contributed by atoms with Crippen LogP contribution in [0.3, 0.4) is 0 Å². The molecule has 0 spiro atoms. The first-order valence-corrected chi connectivity index (χ1v) is 9.08. The first kappa shape index (κ1) is 17.0. The fourth-order valence-electron chi connectivity index (χ4n) is 3.22. The molecule has 6 heteroatoms. The summed E-state index contributed by atoms with van der Waals surface area (Å²) in [6.07, 6.45) is 7.40. The molecule has 1 aromatic heterocycles. The third-order valence-corrected chi connectivity index (χ3v) is 4.75. The van der Waals surface area contributed by atoms with Gasteiger partial charge in [-0.2, -0.15) is 10.1 Å². The number of hydrogen-bond acceptors (Lipinski definition) is 5. The number of nitrogens with zero attached hydrogens (tertiary/aromatic N) is 4. The van der Waals surface area contributed by atoms with Crippen LogP contribution in [0.2, 0.25) is 5.02 Å². The monoisotopic (exact) mass is 345 g/mol. The van der Waals surface area contributed by atoms with Gasteiger partial charge in [0.15, 0.2) is 5.82 Å². The van der Waals surface area contributed by atoms with E-state index >= 15 is 0 Å². The molecular weight excluding hydrogens is 322 g/mol. The lowest BCUT2D eigenvalue weighted by molar-refractivity contribution is 0.442. The van der Waals surface area contributed by atoms with Crippen LogP contribution in [0.4, 0.5) is 11.8 Å². The molecule has 3 rings (SSSR count). The van der Waals surface area contributed by atoms with Crippen LogP contribution in [0, 0.1) is 0 Å². The van der Waals surface area contributed by atoms with Crippen LogP contribution in [-0.2, 0) is 6.42 Å². The van der Waals surface area contributed by atoms with E-state index in [0.717, 1.165) is 42.7 Å². The van der Waals surface area contributed by atoms with Gasteiger partial charge in [0.25, 0.3) is 0 Å². The Morgan fingerprint density at radius 1 is 1.33 bits per heavy atom. The molecule has 128 valence electrons. The summed E-state index contributed by atoms with van der Waals surface area (Å²) in [5, 5.41) is 12.5. The van der Waals surface area contributed by atoms with Crippen LogP contribution in [-0.4, -0.2) is 34.3 Å². The van der Waals surface area contributed by atoms with Crippen molar-refractivity contribution in [3.63, 3.8) is 0 Å². The number of aromatic nitrogens is 3. The molecule has 5 nitrogen and oxygen atoms in total. The maximum Gasteiger partial charge on any atom is 0.247 e. The lowest BCUT2D eigenvalue weighted by atomic mass is 10.0. The van der Waals surface area contributed by atoms with E-state index in [4.69, 9.17) is 11.6 Å². The van der Waals surface area contributed by atoms with E-state index in [1.54, 1.807) is 6.20 Å². The van der Waals surface area contributed by atoms with Gasteiger partial charge in [-0.25, -0.2) is 0 Å². The van der Waals surface area contributed by atoms with Crippen LogP contribution < -0.4 is 10.2 Å². The van der Waals surface area contributed by atoms with Gasteiger partial charge < -0.3 is 10.2 Å². The standard InChI is InChI=1S/C18H24ClN5/c1-2-16-8-3-4-11-24(16)18-22-17(13-21-23-18)20-10-9-14-6-5-7-15(19)12-14/h5-7,12-13,16H,2-4,8-11H2,1H3,(H,20,22,23). The molecule has 1 aliphatic heterocycles. The topological polar surface area (TPSA) is 53.9 Å². The van der Waals surface area contributed by atoms with Crippen molar-refractivity contribution in [2.75, 3.05) is 23.3 Å². The van der Waals surface area contributed by atoms with Crippen molar-refractivity contribution in [1.82, 2.24) is 15.2 Å². The minimum absolute atomic E-state index is 0.530. The second-order valence-corrected chi connectivity index (χ2v) is 6.64. The summed E-state index contributed by atoms with van der Waals surface area (Å²) in [4.78, 5) is 6.96. The van der Waals surface area contributed by atoms with E-state index in [2.05, 4.69) is 38.4 Å². The van der Waals surface area contributed by atoms with Crippen molar-refractivity contribution >= 4 is 23.4 Å². The number of anilines is 2. The van der Waals surface area contributed by atoms with Gasteiger partial charge in [0.1, 0.15) is 0 Å². The summed E-state index contributed by atoms with van der Waals surface area (Å²) in [5.41, 5.74) is 1.21. The Morgan fingerprint density at radius 2 is 2.25 bits per heavy atom. The molecule has 2 heterocycles. The van der Waals surface area contributed by atoms with Crippen LogP contribution in [0.5, 0.6) is 0 Å². The summed E-state index contributed by atoms with van der Waals surface area (Å²) < 4.78 is 0. The zero-order chi connectivity index (χ0) is 16.8. The van der Waals surface area contributed by atoms with Gasteiger partial charge in [-0.05, 0) is 49.8 Å². The molecule has 0 saturated carbocycles. The van der Waals surface area contributed by atoms with Gasteiger partial charge in [0.05, 0.1) is 6.20 Å². The normalized spacial score (nSPS) is 17.8. The molecule has 1 aromatic carbocycles. The Kier molecular flexibility index (Phi) is 5.86. The van der Waals surface area contributed by atoms with E-state index in [0.29, 0.717) is 6.04 Å². The first-order chi connectivity index (χ1) is 11.8. The van der Waals surface area contributed by atoms with Crippen LogP contribution in [0.1, 0.15) is 38.2 Å². The van der Waals surface area contributed by atoms with Gasteiger partial charge in [0.2, 0.25) is 5.95 Å². The first-order valence-electron chi connectivity index (χ1n) is 8.71. The predicted octanol–water partition coefficient (Wildman–Crippen LogP) is 3.95. The number of benzene rings is 1. The van der Waals surface area contributed by atoms with Crippen molar-refractivity contribution < 1.29 is 0 Å². The van der Waals surface area contributed by atoms with Crippen molar-refractivity contribution in [2.24, 2.45) is 0 Å². The van der Waals surface area contributed by atoms with Crippen molar-refractivity contribution in [3.8, 4) is 0 Å². The fourth-order valence-corrected chi connectivity index (χ4v) is 3.43. The third kappa shape index (κ3) is 4.35. The molecule has 0 amide bonds. The molecule has 1 atom stereocenters. The summed E-state index contributed by atoms with van der Waals surface area (Å²) >= 11 is 6.02. The molecule has 1 fully saturated rings. The van der Waals surface area contributed by atoms with Crippen LogP contribution in [0.15, 0.2) is 30.5 Å². The quantitative estimate of drug-likeness (QED) is 0.859. The Bertz CT molecular complexity index is 663. The fraction of sp³-hybridized carbons (Fsp3) is 0.500. The molecule has 0 radical (unpaired) electrons. The maximum absolute atomic E-state index is 6.02. The Labute approximate surface area is 148 Å². The highest BCUT2D eigenvalue weighted by Crippen LogP contribution is 2.23. The molecular formula is C18H24ClN5. The second-order valence-electron chi connectivity index (χ2n) is 6.20. The Hall–Kier alpha value is -1.88. The largest absolute Gasteiger partial charge is 0.368 e. The van der Waals surface area contributed by atoms with Crippen LogP contribution in [0.25, 0.3) is 0 Å². The average molecular weight is 346 g/mol. The smallest absolute Gasteiger partial charge is 0.247 e. The SMILES string of the molecule is CCC1CCCCN1c1nncc(NCCc2cccc(Cl)c2)n1. The molecule has 0 bridgehead atoms. The zero-order valence-corrected chi connectivity index (χ0v) is 14.8. The average Bonchev–Trinajstić information content (AvgIpc) is 2.62. The van der Waals surface area contributed by atoms with Gasteiger partial charge in [0, 0.05) is 24.2 Å². The lowest BCUT2D eigenvalue weighted by Crippen LogP contribution is -2.40. The van der Waals surface area contributed by atoms with Gasteiger partial charge in [-0.1, -0.05) is 30.7 Å².